The molecule has 1 aromatic heterocycles. The van der Waals surface area contributed by atoms with Crippen LogP contribution in [0.2, 0.25) is 0 Å². The minimum Gasteiger partial charge on any atom is -0.382 e. The summed E-state index contributed by atoms with van der Waals surface area (Å²) >= 11 is 0. The van der Waals surface area contributed by atoms with Gasteiger partial charge in [0.25, 0.3) is 5.56 Å². The average Bonchev–Trinajstić information content (AvgIpc) is 2.86. The van der Waals surface area contributed by atoms with Gasteiger partial charge >= 0.3 is 5.69 Å². The summed E-state index contributed by atoms with van der Waals surface area (Å²) < 4.78 is 31.1. The third-order valence-corrected chi connectivity index (χ3v) is 7.34. The number of hydrogen-bond donors (Lipinski definition) is 1. The molecule has 26 heavy (non-hydrogen) atoms. The van der Waals surface area contributed by atoms with E-state index in [4.69, 9.17) is 14.2 Å². The number of methoxy groups -OCH3 is 1. The molecule has 1 aliphatic heterocycles. The van der Waals surface area contributed by atoms with Crippen molar-refractivity contribution in [2.24, 2.45) is 5.92 Å². The molecule has 0 bridgehead atoms. The fraction of sp³-hybridized carbons (Fsp3) is 0.765. The predicted molar refractivity (Wildman–Crippen MR) is 99.7 cm³/mol. The van der Waals surface area contributed by atoms with Gasteiger partial charge in [0.05, 0.1) is 26.5 Å². The minimum atomic E-state index is -2.40. The van der Waals surface area contributed by atoms with Crippen molar-refractivity contribution in [1.82, 2.24) is 9.55 Å². The van der Waals surface area contributed by atoms with E-state index in [1.165, 1.54) is 10.8 Å². The Kier molecular flexibility index (Phi) is 6.66. The van der Waals surface area contributed by atoms with Crippen molar-refractivity contribution in [3.63, 3.8) is 0 Å². The maximum Gasteiger partial charge on any atom is 0.330 e. The first kappa shape index (κ1) is 21.1. The van der Waals surface area contributed by atoms with Crippen molar-refractivity contribution >= 4 is 7.14 Å². The molecular formula is C17H29N2O6P. The Balaban J connectivity index is 2.40. The molecule has 1 aromatic rings. The Morgan fingerprint density at radius 1 is 1.35 bits per heavy atom. The van der Waals surface area contributed by atoms with Gasteiger partial charge in [-0.3, -0.25) is 14.3 Å². The molecule has 2 heterocycles. The first-order valence-electron chi connectivity index (χ1n) is 8.70. The van der Waals surface area contributed by atoms with Crippen molar-refractivity contribution in [3.8, 4) is 0 Å². The molecule has 0 saturated carbocycles. The Bertz CT molecular complexity index is 782. The fourth-order valence-electron chi connectivity index (χ4n) is 3.22. The van der Waals surface area contributed by atoms with Crippen LogP contribution in [0.15, 0.2) is 15.8 Å². The van der Waals surface area contributed by atoms with E-state index < -0.39 is 30.7 Å². The number of rotatable bonds is 7. The number of hydrogen-bond acceptors (Lipinski definition) is 6. The molecule has 1 N–H and O–H groups in total. The maximum absolute atomic E-state index is 12.6. The normalized spacial score (nSPS) is 27.6. The lowest BCUT2D eigenvalue weighted by atomic mass is 9.98. The first-order chi connectivity index (χ1) is 12.1. The number of H-pyrrole nitrogens is 1. The van der Waals surface area contributed by atoms with E-state index in [9.17, 15) is 14.2 Å². The molecule has 0 aromatic carbocycles. The van der Waals surface area contributed by atoms with Crippen LogP contribution in [0.1, 0.15) is 25.6 Å². The quantitative estimate of drug-likeness (QED) is 0.560. The van der Waals surface area contributed by atoms with Crippen LogP contribution < -0.4 is 11.2 Å². The Labute approximate surface area is 153 Å². The molecule has 8 nitrogen and oxygen atoms in total. The van der Waals surface area contributed by atoms with E-state index in [1.54, 1.807) is 27.4 Å². The lowest BCUT2D eigenvalue weighted by molar-refractivity contribution is -0.0741. The molecule has 1 saturated heterocycles. The predicted octanol–water partition coefficient (Wildman–Crippen LogP) is 1.42. The second-order valence-corrected chi connectivity index (χ2v) is 11.0. The van der Waals surface area contributed by atoms with Gasteiger partial charge in [0.2, 0.25) is 0 Å². The average molecular weight is 388 g/mol. The molecule has 0 unspecified atom stereocenters. The summed E-state index contributed by atoms with van der Waals surface area (Å²) in [6.07, 6.45) is 0.0269. The topological polar surface area (TPSA) is 99.6 Å². The highest BCUT2D eigenvalue weighted by molar-refractivity contribution is 7.63. The monoisotopic (exact) mass is 388 g/mol. The lowest BCUT2D eigenvalue weighted by Crippen LogP contribution is -2.38. The summed E-state index contributed by atoms with van der Waals surface area (Å²) in [5.74, 6) is -0.0841. The summed E-state index contributed by atoms with van der Waals surface area (Å²) in [5.41, 5.74) is -0.756. The van der Waals surface area contributed by atoms with Gasteiger partial charge in [0, 0.05) is 30.4 Å². The van der Waals surface area contributed by atoms with Crippen molar-refractivity contribution in [2.45, 2.75) is 44.9 Å². The van der Waals surface area contributed by atoms with Gasteiger partial charge < -0.3 is 18.8 Å². The van der Waals surface area contributed by atoms with Crippen molar-refractivity contribution in [1.29, 1.82) is 0 Å². The van der Waals surface area contributed by atoms with E-state index in [1.807, 2.05) is 13.8 Å². The lowest BCUT2D eigenvalue weighted by Gasteiger charge is -2.26. The van der Waals surface area contributed by atoms with Gasteiger partial charge in [-0.15, -0.1) is 0 Å². The zero-order valence-corrected chi connectivity index (χ0v) is 17.1. The second kappa shape index (κ2) is 8.21. The number of aromatic amines is 1. The molecule has 1 aliphatic rings. The van der Waals surface area contributed by atoms with Crippen molar-refractivity contribution < 1.29 is 18.8 Å². The van der Waals surface area contributed by atoms with E-state index in [0.29, 0.717) is 18.8 Å². The maximum atomic E-state index is 12.6. The van der Waals surface area contributed by atoms with Crippen LogP contribution in [0.25, 0.3) is 0 Å². The second-order valence-electron chi connectivity index (χ2n) is 7.33. The SMILES string of the molecule is COCCO[C@@H]1[C@H](C)[C@@H]([C@H](C)P(C)(C)=O)O[C@H]1n1cc(C)c(=O)[nH]c1=O. The number of aromatic nitrogens is 2. The largest absolute Gasteiger partial charge is 0.382 e. The molecule has 2 rings (SSSR count). The highest BCUT2D eigenvalue weighted by Gasteiger charge is 2.48. The van der Waals surface area contributed by atoms with Crippen LogP contribution >= 0.6 is 7.14 Å². The van der Waals surface area contributed by atoms with Crippen molar-refractivity contribution in [3.05, 3.63) is 32.6 Å². The standard InChI is InChI=1S/C17H29N2O6P/c1-10-9-19(17(21)18-15(10)20)16-14(24-8-7-23-4)11(2)13(25-16)12(3)26(5,6)22/h9,11-14,16H,7-8H2,1-6H3,(H,18,20,21)/t11-,12+,13+,14-,16-/m1/s1. The van der Waals surface area contributed by atoms with E-state index in [2.05, 4.69) is 4.98 Å². The molecule has 5 atom stereocenters. The molecule has 148 valence electrons. The minimum absolute atomic E-state index is 0.0841. The van der Waals surface area contributed by atoms with Gasteiger partial charge in [0.15, 0.2) is 6.23 Å². The Morgan fingerprint density at radius 3 is 2.58 bits per heavy atom. The first-order valence-corrected chi connectivity index (χ1v) is 11.4. The van der Waals surface area contributed by atoms with E-state index >= 15 is 0 Å². The zero-order chi connectivity index (χ0) is 19.6. The van der Waals surface area contributed by atoms with Crippen molar-refractivity contribution in [2.75, 3.05) is 33.7 Å². The molecule has 9 heteroatoms. The summed E-state index contributed by atoms with van der Waals surface area (Å²) in [7, 11) is -0.815. The molecular weight excluding hydrogens is 359 g/mol. The van der Waals surface area contributed by atoms with Gasteiger partial charge in [-0.2, -0.15) is 0 Å². The highest BCUT2D eigenvalue weighted by Crippen LogP contribution is 2.50. The Morgan fingerprint density at radius 2 is 2.00 bits per heavy atom. The third kappa shape index (κ3) is 4.36. The highest BCUT2D eigenvalue weighted by atomic mass is 31.2. The zero-order valence-electron chi connectivity index (χ0n) is 16.2. The molecule has 0 aliphatic carbocycles. The number of nitrogens with zero attached hydrogens (tertiary/aromatic N) is 1. The summed E-state index contributed by atoms with van der Waals surface area (Å²) in [4.78, 5) is 26.3. The summed E-state index contributed by atoms with van der Waals surface area (Å²) in [6, 6.07) is 0. The van der Waals surface area contributed by atoms with Crippen LogP contribution in [0.3, 0.4) is 0 Å². The molecule has 1 fully saturated rings. The van der Waals surface area contributed by atoms with Crippen LogP contribution in [0.4, 0.5) is 0 Å². The van der Waals surface area contributed by atoms with E-state index in [0.717, 1.165) is 0 Å². The third-order valence-electron chi connectivity index (χ3n) is 5.09. The van der Waals surface area contributed by atoms with Crippen LogP contribution in [-0.2, 0) is 18.8 Å². The van der Waals surface area contributed by atoms with Gasteiger partial charge in [-0.25, -0.2) is 4.79 Å². The summed E-state index contributed by atoms with van der Waals surface area (Å²) in [5, 5.41) is 0. The fourth-order valence-corrected chi connectivity index (χ4v) is 4.27. The number of ether oxygens (including phenoxy) is 3. The van der Waals surface area contributed by atoms with Crippen LogP contribution in [0.5, 0.6) is 0 Å². The summed E-state index contributed by atoms with van der Waals surface area (Å²) in [6.45, 7) is 9.72. The Hall–Kier alpha value is -1.21. The van der Waals surface area contributed by atoms with E-state index in [-0.39, 0.29) is 17.7 Å². The molecule has 0 radical (unpaired) electrons. The van der Waals surface area contributed by atoms with Crippen LogP contribution in [0, 0.1) is 12.8 Å². The molecule has 0 amide bonds. The van der Waals surface area contributed by atoms with Gasteiger partial charge in [-0.05, 0) is 20.3 Å². The number of aryl methyl sites for hydroxylation is 1. The molecule has 0 spiro atoms. The number of nitrogens with one attached hydrogen (secondary N) is 1. The smallest absolute Gasteiger partial charge is 0.330 e. The van der Waals surface area contributed by atoms with Crippen LogP contribution in [-0.4, -0.2) is 61.1 Å². The van der Waals surface area contributed by atoms with Gasteiger partial charge in [-0.1, -0.05) is 13.8 Å². The van der Waals surface area contributed by atoms with Gasteiger partial charge in [0.1, 0.15) is 6.10 Å².